The Bertz CT molecular complexity index is 1030. The first-order valence-corrected chi connectivity index (χ1v) is 10.6. The molecule has 0 saturated carbocycles. The zero-order valence-electron chi connectivity index (χ0n) is 17.9. The molecule has 1 saturated heterocycles. The molecule has 1 unspecified atom stereocenters. The molecule has 0 aliphatic carbocycles. The Kier molecular flexibility index (Phi) is 6.20. The van der Waals surface area contributed by atoms with E-state index in [1.807, 2.05) is 30.3 Å². The number of nitrogens with zero attached hydrogens (tertiary/aromatic N) is 2. The fraction of sp³-hybridized carbons (Fsp3) is 0.478. The van der Waals surface area contributed by atoms with Gasteiger partial charge >= 0.3 is 0 Å². The molecule has 7 heteroatoms. The van der Waals surface area contributed by atoms with E-state index in [0.29, 0.717) is 18.1 Å². The first-order chi connectivity index (χ1) is 14.5. The molecule has 160 valence electrons. The molecule has 4 rings (SSSR count). The minimum Gasteiger partial charge on any atom is -0.497 e. The number of methoxy groups -OCH3 is 1. The van der Waals surface area contributed by atoms with Gasteiger partial charge in [-0.1, -0.05) is 26.0 Å². The summed E-state index contributed by atoms with van der Waals surface area (Å²) in [4.78, 5) is 17.6. The monoisotopic (exact) mass is 410 g/mol. The standard InChI is InChI=1S/C23H30N4O3/c1-15(2)23(24-14-16-4-6-18(29-3)7-5-16)20-13-22(28)27-21(25-20)12-19(26-27)17-8-10-30-11-9-17/h4-7,12-13,15,17,23-24,26H,8-11,14H2,1-3H3. The molecule has 7 nitrogen and oxygen atoms in total. The summed E-state index contributed by atoms with van der Waals surface area (Å²) in [6.07, 6.45) is 1.93. The Morgan fingerprint density at radius 3 is 2.63 bits per heavy atom. The van der Waals surface area contributed by atoms with Gasteiger partial charge in [-0.3, -0.25) is 9.89 Å². The summed E-state index contributed by atoms with van der Waals surface area (Å²) < 4.78 is 12.2. The van der Waals surface area contributed by atoms with Crippen LogP contribution >= 0.6 is 0 Å². The SMILES string of the molecule is COc1ccc(CNC(c2cc(=O)n3[nH]c(C4CCOCC4)cc3n2)C(C)C)cc1. The number of nitrogens with one attached hydrogen (secondary N) is 2. The highest BCUT2D eigenvalue weighted by Gasteiger charge is 2.22. The molecule has 2 N–H and O–H groups in total. The molecule has 30 heavy (non-hydrogen) atoms. The van der Waals surface area contributed by atoms with Gasteiger partial charge in [0, 0.05) is 43.5 Å². The van der Waals surface area contributed by atoms with Crippen LogP contribution in [0.1, 0.15) is 55.6 Å². The third-order valence-electron chi connectivity index (χ3n) is 5.82. The lowest BCUT2D eigenvalue weighted by atomic mass is 9.97. The lowest BCUT2D eigenvalue weighted by Gasteiger charge is -2.22. The molecule has 3 heterocycles. The van der Waals surface area contributed by atoms with Crippen molar-refractivity contribution in [3.05, 3.63) is 63.7 Å². The van der Waals surface area contributed by atoms with Gasteiger partial charge in [0.15, 0.2) is 5.65 Å². The van der Waals surface area contributed by atoms with Gasteiger partial charge in [0.2, 0.25) is 0 Å². The summed E-state index contributed by atoms with van der Waals surface area (Å²) in [6.45, 7) is 6.49. The molecule has 0 bridgehead atoms. The van der Waals surface area contributed by atoms with Crippen molar-refractivity contribution in [2.45, 2.75) is 45.2 Å². The van der Waals surface area contributed by atoms with E-state index in [-0.39, 0.29) is 17.5 Å². The second-order valence-corrected chi connectivity index (χ2v) is 8.26. The predicted molar refractivity (Wildman–Crippen MR) is 116 cm³/mol. The van der Waals surface area contributed by atoms with E-state index in [2.05, 4.69) is 24.3 Å². The maximum absolute atomic E-state index is 12.8. The van der Waals surface area contributed by atoms with Crippen LogP contribution in [0.4, 0.5) is 0 Å². The topological polar surface area (TPSA) is 80.6 Å². The predicted octanol–water partition coefficient (Wildman–Crippen LogP) is 3.41. The van der Waals surface area contributed by atoms with Crippen molar-refractivity contribution in [2.75, 3.05) is 20.3 Å². The third kappa shape index (κ3) is 4.42. The van der Waals surface area contributed by atoms with E-state index < -0.39 is 0 Å². The van der Waals surface area contributed by atoms with Crippen molar-refractivity contribution in [3.8, 4) is 5.75 Å². The molecule has 0 radical (unpaired) electrons. The smallest absolute Gasteiger partial charge is 0.272 e. The Labute approximate surface area is 176 Å². The van der Waals surface area contributed by atoms with Crippen LogP contribution in [0.3, 0.4) is 0 Å². The highest BCUT2D eigenvalue weighted by molar-refractivity contribution is 5.41. The molecule has 1 aromatic carbocycles. The lowest BCUT2D eigenvalue weighted by Crippen LogP contribution is -2.28. The summed E-state index contributed by atoms with van der Waals surface area (Å²) in [7, 11) is 1.66. The molecule has 0 amide bonds. The van der Waals surface area contributed by atoms with Gasteiger partial charge in [0.05, 0.1) is 18.8 Å². The average Bonchev–Trinajstić information content (AvgIpc) is 3.20. The largest absolute Gasteiger partial charge is 0.497 e. The molecule has 1 fully saturated rings. The van der Waals surface area contributed by atoms with Crippen LogP contribution in [0.5, 0.6) is 5.75 Å². The number of hydrogen-bond acceptors (Lipinski definition) is 5. The van der Waals surface area contributed by atoms with Gasteiger partial charge < -0.3 is 14.8 Å². The maximum Gasteiger partial charge on any atom is 0.272 e. The van der Waals surface area contributed by atoms with Crippen molar-refractivity contribution in [2.24, 2.45) is 5.92 Å². The zero-order valence-corrected chi connectivity index (χ0v) is 17.9. The van der Waals surface area contributed by atoms with Crippen LogP contribution in [-0.2, 0) is 11.3 Å². The quantitative estimate of drug-likeness (QED) is 0.624. The van der Waals surface area contributed by atoms with E-state index in [9.17, 15) is 4.79 Å². The van der Waals surface area contributed by atoms with Crippen LogP contribution in [-0.4, -0.2) is 34.9 Å². The molecule has 1 aliphatic rings. The second-order valence-electron chi connectivity index (χ2n) is 8.26. The fourth-order valence-electron chi connectivity index (χ4n) is 4.06. The van der Waals surface area contributed by atoms with Gasteiger partial charge in [-0.25, -0.2) is 9.50 Å². The van der Waals surface area contributed by atoms with Crippen molar-refractivity contribution in [1.82, 2.24) is 19.9 Å². The average molecular weight is 411 g/mol. The number of aromatic nitrogens is 3. The van der Waals surface area contributed by atoms with Crippen molar-refractivity contribution >= 4 is 5.65 Å². The van der Waals surface area contributed by atoms with E-state index >= 15 is 0 Å². The summed E-state index contributed by atoms with van der Waals surface area (Å²) >= 11 is 0. The van der Waals surface area contributed by atoms with Crippen LogP contribution in [0.25, 0.3) is 5.65 Å². The van der Waals surface area contributed by atoms with Crippen LogP contribution < -0.4 is 15.6 Å². The number of ether oxygens (including phenoxy) is 2. The van der Waals surface area contributed by atoms with Crippen molar-refractivity contribution in [3.63, 3.8) is 0 Å². The molecular formula is C23H30N4O3. The van der Waals surface area contributed by atoms with Crippen molar-refractivity contribution in [1.29, 1.82) is 0 Å². The minimum atomic E-state index is -0.0785. The Balaban J connectivity index is 1.57. The third-order valence-corrected chi connectivity index (χ3v) is 5.82. The van der Waals surface area contributed by atoms with Gasteiger partial charge in [-0.15, -0.1) is 0 Å². The Morgan fingerprint density at radius 2 is 1.97 bits per heavy atom. The molecule has 2 aromatic heterocycles. The second kappa shape index (κ2) is 9.02. The molecule has 1 atom stereocenters. The molecule has 3 aromatic rings. The number of hydrogen-bond donors (Lipinski definition) is 2. The number of benzene rings is 1. The van der Waals surface area contributed by atoms with Gasteiger partial charge in [-0.2, -0.15) is 0 Å². The molecule has 1 aliphatic heterocycles. The van der Waals surface area contributed by atoms with E-state index in [4.69, 9.17) is 14.5 Å². The maximum atomic E-state index is 12.8. The van der Waals surface area contributed by atoms with Gasteiger partial charge in [-0.05, 0) is 36.5 Å². The van der Waals surface area contributed by atoms with Gasteiger partial charge in [0.25, 0.3) is 5.56 Å². The van der Waals surface area contributed by atoms with Crippen molar-refractivity contribution < 1.29 is 9.47 Å². The van der Waals surface area contributed by atoms with E-state index in [0.717, 1.165) is 48.8 Å². The summed E-state index contributed by atoms with van der Waals surface area (Å²) in [5, 5.41) is 6.82. The van der Waals surface area contributed by atoms with Crippen LogP contribution in [0.2, 0.25) is 0 Å². The highest BCUT2D eigenvalue weighted by atomic mass is 16.5. The van der Waals surface area contributed by atoms with Gasteiger partial charge in [0.1, 0.15) is 5.75 Å². The first-order valence-electron chi connectivity index (χ1n) is 10.6. The first kappa shape index (κ1) is 20.6. The number of H-pyrrole nitrogens is 1. The number of fused-ring (bicyclic) bond motifs is 1. The molecular weight excluding hydrogens is 380 g/mol. The number of aromatic amines is 1. The zero-order chi connectivity index (χ0) is 21.1. The molecule has 0 spiro atoms. The number of rotatable bonds is 7. The summed E-state index contributed by atoms with van der Waals surface area (Å²) in [5.41, 5.74) is 3.59. The normalized spacial score (nSPS) is 16.3. The summed E-state index contributed by atoms with van der Waals surface area (Å²) in [6, 6.07) is 11.6. The fourth-order valence-corrected chi connectivity index (χ4v) is 4.06. The Morgan fingerprint density at radius 1 is 1.23 bits per heavy atom. The minimum absolute atomic E-state index is 0.0220. The van der Waals surface area contributed by atoms with E-state index in [1.165, 1.54) is 0 Å². The van der Waals surface area contributed by atoms with Crippen LogP contribution in [0, 0.1) is 5.92 Å². The summed E-state index contributed by atoms with van der Waals surface area (Å²) in [5.74, 6) is 1.51. The lowest BCUT2D eigenvalue weighted by molar-refractivity contribution is 0.0844. The highest BCUT2D eigenvalue weighted by Crippen LogP contribution is 2.27. The van der Waals surface area contributed by atoms with Crippen LogP contribution in [0.15, 0.2) is 41.2 Å². The Hall–Kier alpha value is -2.64. The van der Waals surface area contributed by atoms with E-state index in [1.54, 1.807) is 17.7 Å².